The van der Waals surface area contributed by atoms with Gasteiger partial charge in [-0.05, 0) is 6.42 Å². The molecule has 3 N–H and O–H groups in total. The predicted octanol–water partition coefficient (Wildman–Crippen LogP) is 2.69. The Morgan fingerprint density at radius 3 is 2.79 bits per heavy atom. The van der Waals surface area contributed by atoms with Gasteiger partial charge in [0.05, 0.1) is 10.7 Å². The second-order valence-electron chi connectivity index (χ2n) is 5.67. The number of nitrogens with two attached hydrogens (primary N) is 1. The number of rotatable bonds is 6. The van der Waals surface area contributed by atoms with Crippen LogP contribution in [0.4, 0.5) is 0 Å². The Balaban J connectivity index is 2.33. The number of hydrogen-bond acceptors (Lipinski definition) is 3. The van der Waals surface area contributed by atoms with Gasteiger partial charge in [-0.2, -0.15) is 0 Å². The molecule has 0 radical (unpaired) electrons. The Morgan fingerprint density at radius 1 is 1.47 bits per heavy atom. The molecule has 0 bridgehead atoms. The van der Waals surface area contributed by atoms with Crippen LogP contribution < -0.4 is 11.1 Å². The minimum Gasteiger partial charge on any atom is -0.370 e. The molecule has 0 spiro atoms. The van der Waals surface area contributed by atoms with Gasteiger partial charge in [0, 0.05) is 30.3 Å². The molecule has 4 nitrogen and oxygen atoms in total. The Bertz CT molecular complexity index is 404. The molecule has 5 heteroatoms. The highest BCUT2D eigenvalue weighted by Crippen LogP contribution is 2.23. The molecule has 0 fully saturated rings. The van der Waals surface area contributed by atoms with Gasteiger partial charge in [-0.1, -0.05) is 34.1 Å². The van der Waals surface area contributed by atoms with Crippen molar-refractivity contribution < 1.29 is 0 Å². The van der Waals surface area contributed by atoms with E-state index >= 15 is 0 Å². The third kappa shape index (κ3) is 6.05. The fraction of sp³-hybridized carbons (Fsp3) is 0.714. The number of aliphatic imine (C=N–C) groups is 1. The summed E-state index contributed by atoms with van der Waals surface area (Å²) >= 11 is 1.72. The van der Waals surface area contributed by atoms with Gasteiger partial charge < -0.3 is 11.1 Å². The van der Waals surface area contributed by atoms with Crippen LogP contribution in [0.1, 0.15) is 51.2 Å². The van der Waals surface area contributed by atoms with Gasteiger partial charge >= 0.3 is 0 Å². The Kier molecular flexibility index (Phi) is 6.28. The SMILES string of the molecule is CCCCN=C(N)NCCc1nc(C(C)(C)C)cs1. The van der Waals surface area contributed by atoms with Gasteiger partial charge in [-0.3, -0.25) is 4.99 Å². The molecule has 1 heterocycles. The van der Waals surface area contributed by atoms with Gasteiger partial charge in [-0.15, -0.1) is 11.3 Å². The Morgan fingerprint density at radius 2 is 2.21 bits per heavy atom. The van der Waals surface area contributed by atoms with E-state index in [1.54, 1.807) is 11.3 Å². The van der Waals surface area contributed by atoms with Crippen molar-refractivity contribution in [1.29, 1.82) is 0 Å². The second kappa shape index (κ2) is 7.48. The quantitative estimate of drug-likeness (QED) is 0.479. The summed E-state index contributed by atoms with van der Waals surface area (Å²) in [5.41, 5.74) is 7.07. The first-order valence-corrected chi connectivity index (χ1v) is 7.80. The summed E-state index contributed by atoms with van der Waals surface area (Å²) in [5.74, 6) is 0.543. The molecule has 0 aliphatic heterocycles. The van der Waals surface area contributed by atoms with Crippen LogP contribution in [-0.4, -0.2) is 24.0 Å². The van der Waals surface area contributed by atoms with E-state index < -0.39 is 0 Å². The molecular weight excluding hydrogens is 256 g/mol. The lowest BCUT2D eigenvalue weighted by atomic mass is 9.93. The number of hydrogen-bond donors (Lipinski definition) is 2. The molecule has 0 unspecified atom stereocenters. The molecule has 0 aliphatic carbocycles. The maximum atomic E-state index is 5.77. The molecule has 0 aliphatic rings. The highest BCUT2D eigenvalue weighted by atomic mass is 32.1. The molecule has 0 saturated heterocycles. The average Bonchev–Trinajstić information content (AvgIpc) is 2.78. The van der Waals surface area contributed by atoms with Crippen molar-refractivity contribution in [3.63, 3.8) is 0 Å². The summed E-state index contributed by atoms with van der Waals surface area (Å²) < 4.78 is 0. The van der Waals surface area contributed by atoms with E-state index in [1.807, 2.05) is 0 Å². The third-order valence-electron chi connectivity index (χ3n) is 2.76. The molecule has 0 amide bonds. The van der Waals surface area contributed by atoms with Crippen LogP contribution >= 0.6 is 11.3 Å². The highest BCUT2D eigenvalue weighted by molar-refractivity contribution is 7.09. The van der Waals surface area contributed by atoms with Crippen LogP contribution in [0.25, 0.3) is 0 Å². The molecule has 0 atom stereocenters. The normalized spacial score (nSPS) is 12.7. The zero-order chi connectivity index (χ0) is 14.3. The molecule has 1 rings (SSSR count). The topological polar surface area (TPSA) is 63.3 Å². The number of aromatic nitrogens is 1. The van der Waals surface area contributed by atoms with E-state index in [9.17, 15) is 0 Å². The van der Waals surface area contributed by atoms with Crippen LogP contribution in [0.15, 0.2) is 10.4 Å². The number of thiazole rings is 1. The van der Waals surface area contributed by atoms with E-state index in [-0.39, 0.29) is 5.41 Å². The lowest BCUT2D eigenvalue weighted by Crippen LogP contribution is -2.33. The summed E-state index contributed by atoms with van der Waals surface area (Å²) in [6.07, 6.45) is 3.13. The summed E-state index contributed by atoms with van der Waals surface area (Å²) in [4.78, 5) is 8.91. The van der Waals surface area contributed by atoms with Gasteiger partial charge in [0.15, 0.2) is 5.96 Å². The van der Waals surface area contributed by atoms with Crippen molar-refractivity contribution in [2.24, 2.45) is 10.7 Å². The van der Waals surface area contributed by atoms with Crippen LogP contribution in [0.3, 0.4) is 0 Å². The summed E-state index contributed by atoms with van der Waals surface area (Å²) in [7, 11) is 0. The first-order valence-electron chi connectivity index (χ1n) is 6.92. The third-order valence-corrected chi connectivity index (χ3v) is 3.67. The Hall–Kier alpha value is -1.10. The Labute approximate surface area is 120 Å². The average molecular weight is 282 g/mol. The van der Waals surface area contributed by atoms with Crippen LogP contribution in [-0.2, 0) is 11.8 Å². The van der Waals surface area contributed by atoms with Crippen LogP contribution in [0.2, 0.25) is 0 Å². The fourth-order valence-corrected chi connectivity index (χ4v) is 2.51. The molecule has 0 aromatic carbocycles. The van der Waals surface area contributed by atoms with E-state index in [0.29, 0.717) is 5.96 Å². The standard InChI is InChI=1S/C14H26N4S/c1-5-6-8-16-13(15)17-9-7-12-18-11(10-19-12)14(2,3)4/h10H,5-9H2,1-4H3,(H3,15,16,17). The van der Waals surface area contributed by atoms with E-state index in [0.717, 1.165) is 43.1 Å². The van der Waals surface area contributed by atoms with E-state index in [1.165, 1.54) is 0 Å². The molecule has 0 saturated carbocycles. The first kappa shape index (κ1) is 16.0. The first-order chi connectivity index (χ1) is 8.93. The van der Waals surface area contributed by atoms with E-state index in [2.05, 4.69) is 48.4 Å². The molecule has 108 valence electrons. The highest BCUT2D eigenvalue weighted by Gasteiger charge is 2.17. The maximum absolute atomic E-state index is 5.77. The van der Waals surface area contributed by atoms with Crippen LogP contribution in [0.5, 0.6) is 0 Å². The lowest BCUT2D eigenvalue weighted by molar-refractivity contribution is 0.570. The van der Waals surface area contributed by atoms with Crippen molar-refractivity contribution in [2.75, 3.05) is 13.1 Å². The smallest absolute Gasteiger partial charge is 0.188 e. The lowest BCUT2D eigenvalue weighted by Gasteiger charge is -2.14. The minimum absolute atomic E-state index is 0.128. The van der Waals surface area contributed by atoms with Crippen molar-refractivity contribution in [2.45, 2.75) is 52.4 Å². The van der Waals surface area contributed by atoms with E-state index in [4.69, 9.17) is 5.73 Å². The summed E-state index contributed by atoms with van der Waals surface area (Å²) in [6, 6.07) is 0. The van der Waals surface area contributed by atoms with Crippen molar-refractivity contribution in [3.8, 4) is 0 Å². The summed E-state index contributed by atoms with van der Waals surface area (Å²) in [6.45, 7) is 10.3. The largest absolute Gasteiger partial charge is 0.370 e. The van der Waals surface area contributed by atoms with Crippen molar-refractivity contribution in [3.05, 3.63) is 16.1 Å². The molecular formula is C14H26N4S. The van der Waals surface area contributed by atoms with Gasteiger partial charge in [0.25, 0.3) is 0 Å². The molecule has 19 heavy (non-hydrogen) atoms. The predicted molar refractivity (Wildman–Crippen MR) is 83.9 cm³/mol. The zero-order valence-electron chi connectivity index (χ0n) is 12.5. The van der Waals surface area contributed by atoms with Crippen LogP contribution in [0, 0.1) is 0 Å². The van der Waals surface area contributed by atoms with Gasteiger partial charge in [0.1, 0.15) is 0 Å². The number of unbranched alkanes of at least 4 members (excludes halogenated alkanes) is 1. The molecule has 1 aromatic rings. The van der Waals surface area contributed by atoms with Gasteiger partial charge in [0.2, 0.25) is 0 Å². The van der Waals surface area contributed by atoms with Crippen molar-refractivity contribution in [1.82, 2.24) is 10.3 Å². The van der Waals surface area contributed by atoms with Crippen molar-refractivity contribution >= 4 is 17.3 Å². The summed E-state index contributed by atoms with van der Waals surface area (Å²) in [5, 5.41) is 6.43. The fourth-order valence-electron chi connectivity index (χ4n) is 1.48. The number of nitrogens with zero attached hydrogens (tertiary/aromatic N) is 2. The number of guanidine groups is 1. The number of nitrogens with one attached hydrogen (secondary N) is 1. The maximum Gasteiger partial charge on any atom is 0.188 e. The van der Waals surface area contributed by atoms with Gasteiger partial charge in [-0.25, -0.2) is 4.98 Å². The minimum atomic E-state index is 0.128. The molecule has 1 aromatic heterocycles. The zero-order valence-corrected chi connectivity index (χ0v) is 13.3. The monoisotopic (exact) mass is 282 g/mol. The second-order valence-corrected chi connectivity index (χ2v) is 6.62.